The van der Waals surface area contributed by atoms with E-state index in [2.05, 4.69) is 5.32 Å². The summed E-state index contributed by atoms with van der Waals surface area (Å²) in [4.78, 5) is 11.4. The molecule has 2 heterocycles. The Kier molecular flexibility index (Phi) is 2.42. The van der Waals surface area contributed by atoms with E-state index in [0.29, 0.717) is 18.9 Å². The molecule has 0 bridgehead atoms. The fourth-order valence-electron chi connectivity index (χ4n) is 2.65. The quantitative estimate of drug-likeness (QED) is 0.798. The molecule has 1 saturated heterocycles. The molecule has 4 nitrogen and oxygen atoms in total. The zero-order chi connectivity index (χ0) is 11.8. The van der Waals surface area contributed by atoms with Crippen LogP contribution >= 0.6 is 0 Å². The summed E-state index contributed by atoms with van der Waals surface area (Å²) in [7, 11) is 1.66. The van der Waals surface area contributed by atoms with Crippen molar-refractivity contribution in [3.63, 3.8) is 0 Å². The average molecular weight is 233 g/mol. The van der Waals surface area contributed by atoms with Gasteiger partial charge >= 0.3 is 0 Å². The predicted molar refractivity (Wildman–Crippen MR) is 62.4 cm³/mol. The Labute approximate surface area is 99.9 Å². The Morgan fingerprint density at radius 2 is 2.35 bits per heavy atom. The maximum atomic E-state index is 11.4. The zero-order valence-corrected chi connectivity index (χ0v) is 9.73. The second-order valence-electron chi connectivity index (χ2n) is 4.53. The lowest BCUT2D eigenvalue weighted by atomic mass is 9.83. The minimum atomic E-state index is 0.107. The van der Waals surface area contributed by atoms with Crippen LogP contribution < -0.4 is 14.8 Å². The largest absolute Gasteiger partial charge is 0.497 e. The molecule has 17 heavy (non-hydrogen) atoms. The number of ether oxygens (including phenoxy) is 2. The molecular formula is C13H15NO3. The Balaban J connectivity index is 1.97. The Hall–Kier alpha value is -1.71. The minimum absolute atomic E-state index is 0.107. The monoisotopic (exact) mass is 233 g/mol. The average Bonchev–Trinajstić information content (AvgIpc) is 2.37. The number of amides is 1. The van der Waals surface area contributed by atoms with Crippen LogP contribution in [0.1, 0.15) is 24.3 Å². The summed E-state index contributed by atoms with van der Waals surface area (Å²) in [6.07, 6.45) is 1.48. The Bertz CT molecular complexity index is 458. The summed E-state index contributed by atoms with van der Waals surface area (Å²) in [5, 5.41) is 2.99. The topological polar surface area (TPSA) is 47.6 Å². The van der Waals surface area contributed by atoms with E-state index >= 15 is 0 Å². The minimum Gasteiger partial charge on any atom is -0.497 e. The summed E-state index contributed by atoms with van der Waals surface area (Å²) in [6.45, 7) is 0.565. The lowest BCUT2D eigenvalue weighted by Gasteiger charge is -2.37. The lowest BCUT2D eigenvalue weighted by Crippen LogP contribution is -2.49. The number of piperidine rings is 1. The van der Waals surface area contributed by atoms with Crippen LogP contribution in [0.3, 0.4) is 0 Å². The molecule has 1 N–H and O–H groups in total. The van der Waals surface area contributed by atoms with Crippen molar-refractivity contribution in [1.29, 1.82) is 0 Å². The van der Waals surface area contributed by atoms with Crippen molar-refractivity contribution < 1.29 is 14.3 Å². The molecule has 90 valence electrons. The number of nitrogens with one attached hydrogen (secondary N) is 1. The second-order valence-corrected chi connectivity index (χ2v) is 4.53. The molecule has 0 aliphatic carbocycles. The number of methoxy groups -OCH3 is 1. The number of hydrogen-bond donors (Lipinski definition) is 1. The van der Waals surface area contributed by atoms with Gasteiger partial charge in [-0.2, -0.15) is 0 Å². The normalized spacial score (nSPS) is 26.3. The highest BCUT2D eigenvalue weighted by molar-refractivity contribution is 5.77. The van der Waals surface area contributed by atoms with Crippen LogP contribution in [0.2, 0.25) is 0 Å². The second kappa shape index (κ2) is 3.95. The Morgan fingerprint density at radius 1 is 1.47 bits per heavy atom. The molecule has 2 aliphatic heterocycles. The molecule has 1 aromatic rings. The number of rotatable bonds is 1. The summed E-state index contributed by atoms with van der Waals surface area (Å²) in [5.74, 6) is 2.24. The highest BCUT2D eigenvalue weighted by Gasteiger charge is 2.35. The third-order valence-corrected chi connectivity index (χ3v) is 3.55. The van der Waals surface area contributed by atoms with E-state index in [1.54, 1.807) is 7.11 Å². The number of carbonyl (C=O) groups excluding carboxylic acids is 1. The van der Waals surface area contributed by atoms with E-state index < -0.39 is 0 Å². The van der Waals surface area contributed by atoms with Crippen molar-refractivity contribution in [2.45, 2.75) is 24.8 Å². The molecule has 2 unspecified atom stereocenters. The van der Waals surface area contributed by atoms with Crippen LogP contribution in [0.5, 0.6) is 11.5 Å². The van der Waals surface area contributed by atoms with Gasteiger partial charge in [0.15, 0.2) is 0 Å². The van der Waals surface area contributed by atoms with Crippen LogP contribution in [0.25, 0.3) is 0 Å². The predicted octanol–water partition coefficient (Wildman–Crippen LogP) is 1.45. The lowest BCUT2D eigenvalue weighted by molar-refractivity contribution is -0.124. The van der Waals surface area contributed by atoms with E-state index in [1.807, 2.05) is 18.2 Å². The van der Waals surface area contributed by atoms with Gasteiger partial charge in [0, 0.05) is 17.9 Å². The molecule has 1 amide bonds. The first kappa shape index (κ1) is 10.4. The molecule has 4 heteroatoms. The van der Waals surface area contributed by atoms with Gasteiger partial charge in [-0.15, -0.1) is 0 Å². The van der Waals surface area contributed by atoms with Gasteiger partial charge in [-0.1, -0.05) is 0 Å². The molecule has 0 radical (unpaired) electrons. The van der Waals surface area contributed by atoms with Crippen LogP contribution in [-0.2, 0) is 4.79 Å². The van der Waals surface area contributed by atoms with Gasteiger partial charge in [-0.05, 0) is 24.6 Å². The van der Waals surface area contributed by atoms with Gasteiger partial charge in [0.05, 0.1) is 13.2 Å². The first-order chi connectivity index (χ1) is 8.28. The van der Waals surface area contributed by atoms with E-state index in [0.717, 1.165) is 23.5 Å². The van der Waals surface area contributed by atoms with Crippen LogP contribution in [0, 0.1) is 0 Å². The SMILES string of the molecule is COc1ccc2c(c1)C1CCC(=O)NC1CO2. The van der Waals surface area contributed by atoms with Crippen molar-refractivity contribution in [3.05, 3.63) is 23.8 Å². The van der Waals surface area contributed by atoms with E-state index in [1.165, 1.54) is 0 Å². The highest BCUT2D eigenvalue weighted by atomic mass is 16.5. The molecular weight excluding hydrogens is 218 g/mol. The number of fused-ring (bicyclic) bond motifs is 3. The molecule has 3 rings (SSSR count). The summed E-state index contributed by atoms with van der Waals surface area (Å²) in [5.41, 5.74) is 1.15. The number of hydrogen-bond acceptors (Lipinski definition) is 3. The summed E-state index contributed by atoms with van der Waals surface area (Å²) < 4.78 is 10.9. The van der Waals surface area contributed by atoms with Gasteiger partial charge in [0.25, 0.3) is 0 Å². The smallest absolute Gasteiger partial charge is 0.220 e. The molecule has 2 atom stereocenters. The summed E-state index contributed by atoms with van der Waals surface area (Å²) in [6, 6.07) is 5.97. The molecule has 0 aromatic heterocycles. The first-order valence-electron chi connectivity index (χ1n) is 5.88. The summed E-state index contributed by atoms with van der Waals surface area (Å²) >= 11 is 0. The van der Waals surface area contributed by atoms with Crippen molar-refractivity contribution >= 4 is 5.91 Å². The highest BCUT2D eigenvalue weighted by Crippen LogP contribution is 2.40. The maximum absolute atomic E-state index is 11.4. The van der Waals surface area contributed by atoms with E-state index in [-0.39, 0.29) is 11.9 Å². The van der Waals surface area contributed by atoms with Crippen LogP contribution in [-0.4, -0.2) is 25.7 Å². The van der Waals surface area contributed by atoms with Crippen LogP contribution in [0.15, 0.2) is 18.2 Å². The molecule has 0 saturated carbocycles. The zero-order valence-electron chi connectivity index (χ0n) is 9.73. The molecule has 2 aliphatic rings. The standard InChI is InChI=1S/C13H15NO3/c1-16-8-2-4-12-10(6-8)9-3-5-13(15)14-11(9)7-17-12/h2,4,6,9,11H,3,5,7H2,1H3,(H,14,15). The van der Waals surface area contributed by atoms with Gasteiger partial charge in [0.2, 0.25) is 5.91 Å². The molecule has 1 fully saturated rings. The van der Waals surface area contributed by atoms with Crippen molar-refractivity contribution in [1.82, 2.24) is 5.32 Å². The molecule has 0 spiro atoms. The van der Waals surface area contributed by atoms with Crippen LogP contribution in [0.4, 0.5) is 0 Å². The van der Waals surface area contributed by atoms with Gasteiger partial charge in [0.1, 0.15) is 18.1 Å². The molecule has 1 aromatic carbocycles. The van der Waals surface area contributed by atoms with E-state index in [9.17, 15) is 4.79 Å². The fourth-order valence-corrected chi connectivity index (χ4v) is 2.65. The number of benzene rings is 1. The number of carbonyl (C=O) groups is 1. The third-order valence-electron chi connectivity index (χ3n) is 3.55. The Morgan fingerprint density at radius 3 is 3.18 bits per heavy atom. The fraction of sp³-hybridized carbons (Fsp3) is 0.462. The third kappa shape index (κ3) is 1.73. The maximum Gasteiger partial charge on any atom is 0.220 e. The van der Waals surface area contributed by atoms with Gasteiger partial charge in [-0.3, -0.25) is 4.79 Å². The first-order valence-corrected chi connectivity index (χ1v) is 5.88. The van der Waals surface area contributed by atoms with Crippen molar-refractivity contribution in [2.75, 3.05) is 13.7 Å². The van der Waals surface area contributed by atoms with Crippen molar-refractivity contribution in [3.8, 4) is 11.5 Å². The van der Waals surface area contributed by atoms with Crippen molar-refractivity contribution in [2.24, 2.45) is 0 Å². The van der Waals surface area contributed by atoms with E-state index in [4.69, 9.17) is 9.47 Å². The van der Waals surface area contributed by atoms with Gasteiger partial charge in [-0.25, -0.2) is 0 Å². The van der Waals surface area contributed by atoms with Gasteiger partial charge < -0.3 is 14.8 Å².